The Kier molecular flexibility index (Phi) is 4.00. The number of carbonyl (C=O) groups excluding carboxylic acids is 1. The topological polar surface area (TPSA) is 97.2 Å². The van der Waals surface area contributed by atoms with Crippen LogP contribution in [-0.2, 0) is 19.3 Å². The van der Waals surface area contributed by atoms with Crippen LogP contribution in [0, 0.1) is 0 Å². The van der Waals surface area contributed by atoms with E-state index in [2.05, 4.69) is 14.4 Å². The van der Waals surface area contributed by atoms with Gasteiger partial charge in [-0.15, -0.1) is 0 Å². The van der Waals surface area contributed by atoms with E-state index in [1.165, 1.54) is 0 Å². The largest absolute Gasteiger partial charge is 0.362 e. The van der Waals surface area contributed by atoms with Gasteiger partial charge in [0.2, 0.25) is 5.91 Å². The third-order valence-electron chi connectivity index (χ3n) is 1.62. The first kappa shape index (κ1) is 12.8. The molecule has 0 unspecified atom stereocenters. The van der Waals surface area contributed by atoms with E-state index in [1.807, 2.05) is 0 Å². The fourth-order valence-corrected chi connectivity index (χ4v) is 1.89. The average molecular weight is 347 g/mol. The zero-order chi connectivity index (χ0) is 11.5. The average Bonchev–Trinajstić information content (AvgIpc) is 2.82. The summed E-state index contributed by atoms with van der Waals surface area (Å²) in [6.45, 7) is 1.71. The third-order valence-corrected chi connectivity index (χ3v) is 3.26. The van der Waals surface area contributed by atoms with Crippen molar-refractivity contribution in [2.75, 3.05) is 11.0 Å². The first-order valence-corrected chi connectivity index (χ1v) is 7.00. The summed E-state index contributed by atoms with van der Waals surface area (Å²) in [5, 5.41) is 7.39. The molecule has 0 radical (unpaired) electrons. The van der Waals surface area contributed by atoms with Crippen molar-refractivity contribution in [3.63, 3.8) is 0 Å². The summed E-state index contributed by atoms with van der Waals surface area (Å²) in [5.41, 5.74) is -0.497. The fourth-order valence-electron chi connectivity index (χ4n) is 0.726. The summed E-state index contributed by atoms with van der Waals surface area (Å²) >= 11 is 1.75. The van der Waals surface area contributed by atoms with Gasteiger partial charge in [0, 0.05) is 6.42 Å². The number of amides is 1. The SMILES string of the molecule is CC1(CCOS(=O)(=O)NC(=O)CI)N=N1. The van der Waals surface area contributed by atoms with Gasteiger partial charge >= 0.3 is 10.3 Å². The summed E-state index contributed by atoms with van der Waals surface area (Å²) < 4.78 is 28.5. The highest BCUT2D eigenvalue weighted by molar-refractivity contribution is 14.1. The molecule has 0 fully saturated rings. The van der Waals surface area contributed by atoms with Crippen LogP contribution < -0.4 is 4.72 Å². The molecule has 0 spiro atoms. The highest BCUT2D eigenvalue weighted by Gasteiger charge is 2.33. The molecule has 0 aromatic carbocycles. The maximum atomic E-state index is 11.1. The van der Waals surface area contributed by atoms with E-state index in [9.17, 15) is 13.2 Å². The van der Waals surface area contributed by atoms with Gasteiger partial charge in [-0.3, -0.25) is 8.98 Å². The van der Waals surface area contributed by atoms with Crippen molar-refractivity contribution >= 4 is 38.8 Å². The maximum Gasteiger partial charge on any atom is 0.362 e. The Hall–Kier alpha value is -0.290. The second kappa shape index (κ2) is 4.70. The van der Waals surface area contributed by atoms with E-state index in [4.69, 9.17) is 0 Å². The van der Waals surface area contributed by atoms with Gasteiger partial charge in [-0.1, -0.05) is 22.6 Å². The highest BCUT2D eigenvalue weighted by atomic mass is 127. The lowest BCUT2D eigenvalue weighted by Gasteiger charge is -2.06. The van der Waals surface area contributed by atoms with Crippen molar-refractivity contribution in [1.29, 1.82) is 0 Å². The lowest BCUT2D eigenvalue weighted by molar-refractivity contribution is -0.116. The number of hydrogen-bond donors (Lipinski definition) is 1. The number of halogens is 1. The molecule has 1 amide bonds. The summed E-state index contributed by atoms with van der Waals surface area (Å²) in [5.74, 6) is -0.609. The van der Waals surface area contributed by atoms with Crippen molar-refractivity contribution in [2.45, 2.75) is 19.0 Å². The van der Waals surface area contributed by atoms with E-state index in [0.717, 1.165) is 0 Å². The molecule has 0 aliphatic carbocycles. The molecule has 1 aliphatic heterocycles. The Morgan fingerprint density at radius 2 is 2.13 bits per heavy atom. The smallest absolute Gasteiger partial charge is 0.273 e. The van der Waals surface area contributed by atoms with Crippen LogP contribution in [0.2, 0.25) is 0 Å². The molecule has 0 saturated carbocycles. The maximum absolute atomic E-state index is 11.1. The molecule has 7 nitrogen and oxygen atoms in total. The Bertz CT molecular complexity index is 374. The number of carbonyl (C=O) groups is 1. The minimum Gasteiger partial charge on any atom is -0.273 e. The van der Waals surface area contributed by atoms with Crippen molar-refractivity contribution < 1.29 is 17.4 Å². The van der Waals surface area contributed by atoms with E-state index < -0.39 is 21.9 Å². The van der Waals surface area contributed by atoms with Crippen molar-refractivity contribution in [2.24, 2.45) is 10.2 Å². The first-order valence-electron chi connectivity index (χ1n) is 4.07. The van der Waals surface area contributed by atoms with Crippen LogP contribution in [-0.4, -0.2) is 31.0 Å². The van der Waals surface area contributed by atoms with Crippen LogP contribution >= 0.6 is 22.6 Å². The first-order chi connectivity index (χ1) is 6.87. The summed E-state index contributed by atoms with van der Waals surface area (Å²) in [7, 11) is -3.98. The zero-order valence-corrected chi connectivity index (χ0v) is 10.9. The highest BCUT2D eigenvalue weighted by Crippen LogP contribution is 2.30. The fraction of sp³-hybridized carbons (Fsp3) is 0.833. The van der Waals surface area contributed by atoms with Crippen LogP contribution in [0.15, 0.2) is 10.2 Å². The number of nitrogens with one attached hydrogen (secondary N) is 1. The molecule has 1 rings (SSSR count). The number of hydrogen-bond acceptors (Lipinski definition) is 6. The lowest BCUT2D eigenvalue weighted by Crippen LogP contribution is -2.33. The van der Waals surface area contributed by atoms with Crippen LogP contribution in [0.1, 0.15) is 13.3 Å². The minimum absolute atomic E-state index is 0.0483. The van der Waals surface area contributed by atoms with E-state index in [1.54, 1.807) is 34.2 Å². The predicted octanol–water partition coefficient (Wildman–Crippen LogP) is 0.371. The molecular formula is C6H10IN3O4S. The monoisotopic (exact) mass is 347 g/mol. The molecule has 0 aromatic rings. The Balaban J connectivity index is 2.27. The Morgan fingerprint density at radius 1 is 1.53 bits per heavy atom. The molecule has 1 aliphatic rings. The molecule has 0 aromatic heterocycles. The van der Waals surface area contributed by atoms with Crippen molar-refractivity contribution in [3.8, 4) is 0 Å². The molecule has 0 saturated heterocycles. The van der Waals surface area contributed by atoms with Gasteiger partial charge < -0.3 is 0 Å². The van der Waals surface area contributed by atoms with Gasteiger partial charge in [0.1, 0.15) is 0 Å². The zero-order valence-electron chi connectivity index (χ0n) is 7.93. The van der Waals surface area contributed by atoms with Crippen molar-refractivity contribution in [3.05, 3.63) is 0 Å². The molecular weight excluding hydrogens is 337 g/mol. The summed E-state index contributed by atoms with van der Waals surface area (Å²) in [6.07, 6.45) is 0.381. The van der Waals surface area contributed by atoms with Gasteiger partial charge in [0.25, 0.3) is 0 Å². The Labute approximate surface area is 101 Å². The minimum atomic E-state index is -3.98. The second-order valence-corrected chi connectivity index (χ2v) is 5.21. The molecule has 15 heavy (non-hydrogen) atoms. The molecule has 9 heteroatoms. The molecule has 86 valence electrons. The van der Waals surface area contributed by atoms with Gasteiger partial charge in [0.15, 0.2) is 5.66 Å². The summed E-state index contributed by atoms with van der Waals surface area (Å²) in [6, 6.07) is 0. The van der Waals surface area contributed by atoms with Gasteiger partial charge in [-0.05, 0) is 6.92 Å². The van der Waals surface area contributed by atoms with Crippen LogP contribution in [0.4, 0.5) is 0 Å². The standard InChI is InChI=1S/C6H10IN3O4S/c1-6(9-10-6)2-3-14-15(12,13)8-5(11)4-7/h2-4H2,1H3,(H,8,11). The van der Waals surface area contributed by atoms with E-state index in [0.29, 0.717) is 6.42 Å². The molecule has 0 bridgehead atoms. The predicted molar refractivity (Wildman–Crippen MR) is 59.8 cm³/mol. The van der Waals surface area contributed by atoms with Crippen LogP contribution in [0.25, 0.3) is 0 Å². The molecule has 0 atom stereocenters. The molecule has 1 N–H and O–H groups in total. The number of nitrogens with zero attached hydrogens (tertiary/aromatic N) is 2. The van der Waals surface area contributed by atoms with Gasteiger partial charge in [0.05, 0.1) is 11.0 Å². The van der Waals surface area contributed by atoms with Gasteiger partial charge in [-0.25, -0.2) is 4.72 Å². The number of rotatable bonds is 6. The van der Waals surface area contributed by atoms with E-state index in [-0.39, 0.29) is 11.0 Å². The number of alkyl halides is 1. The second-order valence-electron chi connectivity index (χ2n) is 3.10. The Morgan fingerprint density at radius 3 is 2.60 bits per heavy atom. The van der Waals surface area contributed by atoms with Crippen LogP contribution in [0.3, 0.4) is 0 Å². The summed E-state index contributed by atoms with van der Waals surface area (Å²) in [4.78, 5) is 10.8. The van der Waals surface area contributed by atoms with Gasteiger partial charge in [-0.2, -0.15) is 18.6 Å². The normalized spacial score (nSPS) is 17.5. The van der Waals surface area contributed by atoms with E-state index >= 15 is 0 Å². The third kappa shape index (κ3) is 4.84. The lowest BCUT2D eigenvalue weighted by atomic mass is 10.2. The van der Waals surface area contributed by atoms with Crippen molar-refractivity contribution in [1.82, 2.24) is 4.72 Å². The van der Waals surface area contributed by atoms with Crippen LogP contribution in [0.5, 0.6) is 0 Å². The molecule has 1 heterocycles. The quantitative estimate of drug-likeness (QED) is 0.555.